The van der Waals surface area contributed by atoms with E-state index in [4.69, 9.17) is 11.2 Å². The first-order chi connectivity index (χ1) is 20.8. The molecule has 0 bridgehead atoms. The van der Waals surface area contributed by atoms with Crippen molar-refractivity contribution in [3.8, 4) is 0 Å². The van der Waals surface area contributed by atoms with Crippen LogP contribution in [0.25, 0.3) is 0 Å². The molecule has 0 nitrogen and oxygen atoms in total. The van der Waals surface area contributed by atoms with E-state index >= 15 is 0 Å². The molecule has 0 radical (unpaired) electrons. The molecule has 0 aliphatic heterocycles. The van der Waals surface area contributed by atoms with Gasteiger partial charge in [0.25, 0.3) is 0 Å². The molecule has 42 heavy (non-hydrogen) atoms. The number of benzene rings is 6. The van der Waals surface area contributed by atoms with Gasteiger partial charge >= 0.3 is 0 Å². The van der Waals surface area contributed by atoms with Gasteiger partial charge in [-0.25, -0.2) is 0 Å². The Morgan fingerprint density at radius 2 is 0.738 bits per heavy atom. The van der Waals surface area contributed by atoms with E-state index in [9.17, 15) is 0 Å². The largest absolute Gasteiger partial charge is 0.0907 e. The second kappa shape index (κ2) is 13.8. The standard InChI is InChI=1S/C38H32ClP3/c39-41(31-40(33-21-9-2-10-22-33)34-23-11-3-12-24-34)38(32-19-7-1-8-20-32)42(35-25-13-4-14-26-35,36-27-15-5-16-28-36)37-29-17-6-18-30-37/h1-30H,31H2. The molecule has 6 aromatic rings. The molecule has 0 spiro atoms. The van der Waals surface area contributed by atoms with Gasteiger partial charge in [0, 0.05) is 18.2 Å². The lowest BCUT2D eigenvalue weighted by atomic mass is 10.2. The molecule has 0 saturated carbocycles. The molecule has 0 N–H and O–H groups in total. The summed E-state index contributed by atoms with van der Waals surface area (Å²) in [5, 5.41) is 8.10. The Kier molecular flexibility index (Phi) is 9.50. The molecule has 1 unspecified atom stereocenters. The minimum absolute atomic E-state index is 0.673. The van der Waals surface area contributed by atoms with Crippen molar-refractivity contribution >= 4 is 64.9 Å². The quantitative estimate of drug-likeness (QED) is 0.142. The molecule has 0 amide bonds. The second-order valence-corrected chi connectivity index (χ2v) is 19.1. The summed E-state index contributed by atoms with van der Waals surface area (Å²) in [5.74, 6) is 0.902. The average molecular weight is 617 g/mol. The molecule has 6 rings (SSSR count). The maximum atomic E-state index is 7.98. The predicted molar refractivity (Wildman–Crippen MR) is 192 cm³/mol. The molecule has 0 aromatic heterocycles. The Labute approximate surface area is 257 Å². The Hall–Kier alpha value is -3.23. The highest BCUT2D eigenvalue weighted by atomic mass is 35.7. The third-order valence-corrected chi connectivity index (χ3v) is 19.7. The minimum Gasteiger partial charge on any atom is -0.0907 e. The van der Waals surface area contributed by atoms with Gasteiger partial charge in [0.05, 0.1) is 0 Å². The fraction of sp³-hybridized carbons (Fsp3) is 0.0263. The fourth-order valence-electron chi connectivity index (χ4n) is 5.57. The van der Waals surface area contributed by atoms with Crippen LogP contribution in [-0.2, 0) is 0 Å². The van der Waals surface area contributed by atoms with Crippen LogP contribution < -0.4 is 26.5 Å². The summed E-state index contributed by atoms with van der Waals surface area (Å²) in [5.41, 5.74) is 1.24. The third-order valence-electron chi connectivity index (χ3n) is 7.41. The van der Waals surface area contributed by atoms with Crippen LogP contribution in [0.5, 0.6) is 0 Å². The number of hydrogen-bond acceptors (Lipinski definition) is 0. The fourth-order valence-corrected chi connectivity index (χ4v) is 19.4. The van der Waals surface area contributed by atoms with E-state index in [1.807, 2.05) is 0 Å². The van der Waals surface area contributed by atoms with Crippen molar-refractivity contribution in [2.75, 3.05) is 5.90 Å². The summed E-state index contributed by atoms with van der Waals surface area (Å²) < 4.78 is 0. The van der Waals surface area contributed by atoms with Crippen LogP contribution in [0.3, 0.4) is 0 Å². The smallest absolute Gasteiger partial charge is 0.0279 e. The lowest BCUT2D eigenvalue weighted by molar-refractivity contribution is 1.68. The van der Waals surface area contributed by atoms with Gasteiger partial charge in [-0.2, -0.15) is 0 Å². The van der Waals surface area contributed by atoms with Gasteiger partial charge in [0.1, 0.15) is 0 Å². The molecule has 0 aliphatic rings. The predicted octanol–water partition coefficient (Wildman–Crippen LogP) is 8.88. The van der Waals surface area contributed by atoms with E-state index in [1.165, 1.54) is 37.1 Å². The summed E-state index contributed by atoms with van der Waals surface area (Å²) in [7, 11) is -1.77. The van der Waals surface area contributed by atoms with E-state index in [0.717, 1.165) is 5.90 Å². The first-order valence-corrected chi connectivity index (χ1v) is 19.8. The van der Waals surface area contributed by atoms with Gasteiger partial charge in [0.15, 0.2) is 0 Å². The first kappa shape index (κ1) is 28.9. The van der Waals surface area contributed by atoms with E-state index in [0.29, 0.717) is 0 Å². The monoisotopic (exact) mass is 616 g/mol. The molecule has 4 heteroatoms. The van der Waals surface area contributed by atoms with Crippen LogP contribution in [-0.4, -0.2) is 10.9 Å². The van der Waals surface area contributed by atoms with Crippen LogP contribution in [0, 0.1) is 0 Å². The SMILES string of the molecule is ClP(CP(c1ccccc1)c1ccccc1)C(c1ccccc1)=P(c1ccccc1)(c1ccccc1)c1ccccc1. The van der Waals surface area contributed by atoms with E-state index in [2.05, 4.69) is 182 Å². The molecular formula is C38H32ClP3. The highest BCUT2D eigenvalue weighted by Crippen LogP contribution is 2.63. The maximum absolute atomic E-state index is 7.98. The average Bonchev–Trinajstić information content (AvgIpc) is 3.08. The summed E-state index contributed by atoms with van der Waals surface area (Å²) in [6.07, 6.45) is 0. The van der Waals surface area contributed by atoms with Gasteiger partial charge < -0.3 is 0 Å². The molecule has 0 heterocycles. The van der Waals surface area contributed by atoms with Gasteiger partial charge in [-0.15, -0.1) is 0 Å². The second-order valence-electron chi connectivity index (χ2n) is 9.97. The van der Waals surface area contributed by atoms with Crippen molar-refractivity contribution in [1.29, 1.82) is 0 Å². The third kappa shape index (κ3) is 5.97. The minimum atomic E-state index is -2.36. The van der Waals surface area contributed by atoms with Crippen molar-refractivity contribution in [3.63, 3.8) is 0 Å². The van der Waals surface area contributed by atoms with Crippen molar-refractivity contribution in [2.24, 2.45) is 0 Å². The molecule has 6 aromatic carbocycles. The Balaban J connectivity index is 1.70. The molecular weight excluding hydrogens is 585 g/mol. The van der Waals surface area contributed by atoms with Crippen molar-refractivity contribution in [2.45, 2.75) is 0 Å². The zero-order chi connectivity index (χ0) is 28.6. The van der Waals surface area contributed by atoms with Crippen LogP contribution in [0.4, 0.5) is 0 Å². The van der Waals surface area contributed by atoms with E-state index < -0.39 is 22.1 Å². The molecule has 0 saturated heterocycles. The molecule has 206 valence electrons. The van der Waals surface area contributed by atoms with Gasteiger partial charge in [0.2, 0.25) is 0 Å². The van der Waals surface area contributed by atoms with E-state index in [1.54, 1.807) is 0 Å². The number of halogens is 1. The maximum Gasteiger partial charge on any atom is 0.0279 e. The lowest BCUT2D eigenvalue weighted by Gasteiger charge is -2.36. The van der Waals surface area contributed by atoms with Crippen LogP contribution in [0.1, 0.15) is 5.56 Å². The van der Waals surface area contributed by atoms with Crippen molar-refractivity contribution in [1.82, 2.24) is 0 Å². The van der Waals surface area contributed by atoms with Crippen LogP contribution in [0.2, 0.25) is 0 Å². The van der Waals surface area contributed by atoms with Gasteiger partial charge in [-0.05, 0) is 46.9 Å². The number of hydrogen-bond donors (Lipinski definition) is 0. The Morgan fingerprint density at radius 3 is 1.10 bits per heavy atom. The van der Waals surface area contributed by atoms with Crippen molar-refractivity contribution < 1.29 is 0 Å². The summed E-state index contributed by atoms with van der Waals surface area (Å²) in [6.45, 7) is -2.36. The van der Waals surface area contributed by atoms with Crippen molar-refractivity contribution in [3.05, 3.63) is 188 Å². The molecule has 0 fully saturated rings. The normalized spacial score (nSPS) is 12.1. The highest BCUT2D eigenvalue weighted by molar-refractivity contribution is 8.16. The van der Waals surface area contributed by atoms with Gasteiger partial charge in [-0.3, -0.25) is 0 Å². The zero-order valence-electron chi connectivity index (χ0n) is 23.2. The molecule has 0 aliphatic carbocycles. The van der Waals surface area contributed by atoms with Gasteiger partial charge in [-0.1, -0.05) is 193 Å². The van der Waals surface area contributed by atoms with Crippen LogP contribution in [0.15, 0.2) is 182 Å². The highest BCUT2D eigenvalue weighted by Gasteiger charge is 2.35. The first-order valence-electron chi connectivity index (χ1n) is 14.1. The summed E-state index contributed by atoms with van der Waals surface area (Å²) in [4.78, 5) is 0. The van der Waals surface area contributed by atoms with E-state index in [-0.39, 0.29) is 0 Å². The Bertz CT molecular complexity index is 1600. The zero-order valence-corrected chi connectivity index (χ0v) is 26.7. The Morgan fingerprint density at radius 1 is 0.429 bits per heavy atom. The summed E-state index contributed by atoms with van der Waals surface area (Å²) >= 11 is 7.98. The summed E-state index contributed by atoms with van der Waals surface area (Å²) in [6, 6.07) is 66.1. The number of rotatable bonds is 9. The van der Waals surface area contributed by atoms with Crippen LogP contribution >= 0.6 is 33.3 Å². The molecule has 1 atom stereocenters. The topological polar surface area (TPSA) is 0 Å². The lowest BCUT2D eigenvalue weighted by Crippen LogP contribution is -2.30.